The lowest BCUT2D eigenvalue weighted by Crippen LogP contribution is -2.39. The molecule has 11 heteroatoms. The number of halogens is 3. The van der Waals surface area contributed by atoms with Crippen LogP contribution in [0, 0.1) is 5.92 Å². The molecule has 2 aliphatic rings. The molecular weight excluding hydrogens is 449 g/mol. The maximum absolute atomic E-state index is 12.7. The molecule has 3 aromatic rings. The van der Waals surface area contributed by atoms with Crippen LogP contribution in [0.3, 0.4) is 0 Å². The van der Waals surface area contributed by atoms with E-state index in [0.29, 0.717) is 29.6 Å². The van der Waals surface area contributed by atoms with Crippen molar-refractivity contribution in [3.63, 3.8) is 0 Å². The number of alkyl halides is 3. The van der Waals surface area contributed by atoms with Crippen molar-refractivity contribution in [1.82, 2.24) is 24.7 Å². The molecule has 1 aromatic carbocycles. The van der Waals surface area contributed by atoms with Gasteiger partial charge in [0.25, 0.3) is 0 Å². The predicted octanol–water partition coefficient (Wildman–Crippen LogP) is 3.79. The Bertz CT molecular complexity index is 1190. The first-order chi connectivity index (χ1) is 16.2. The van der Waals surface area contributed by atoms with Crippen LogP contribution in [0.5, 0.6) is 11.5 Å². The van der Waals surface area contributed by atoms with Crippen molar-refractivity contribution in [3.05, 3.63) is 30.0 Å². The van der Waals surface area contributed by atoms with E-state index in [1.54, 1.807) is 10.6 Å². The van der Waals surface area contributed by atoms with Gasteiger partial charge in [0.05, 0.1) is 6.04 Å². The first kappa shape index (κ1) is 22.7. The van der Waals surface area contributed by atoms with Crippen LogP contribution in [0.15, 0.2) is 24.3 Å². The molecule has 0 aliphatic carbocycles. The van der Waals surface area contributed by atoms with Crippen LogP contribution in [0.4, 0.5) is 18.9 Å². The van der Waals surface area contributed by atoms with Gasteiger partial charge in [-0.05, 0) is 64.4 Å². The Morgan fingerprint density at radius 2 is 1.91 bits per heavy atom. The molecule has 1 unspecified atom stereocenters. The largest absolute Gasteiger partial charge is 0.573 e. The molecule has 8 nitrogen and oxygen atoms in total. The Morgan fingerprint density at radius 3 is 2.65 bits per heavy atom. The molecule has 1 atom stereocenters. The van der Waals surface area contributed by atoms with E-state index in [0.717, 1.165) is 49.5 Å². The summed E-state index contributed by atoms with van der Waals surface area (Å²) in [5.41, 5.74) is 2.56. The average molecular weight is 477 g/mol. The van der Waals surface area contributed by atoms with Crippen molar-refractivity contribution >= 4 is 11.3 Å². The van der Waals surface area contributed by atoms with E-state index < -0.39 is 6.36 Å². The lowest BCUT2D eigenvalue weighted by Gasteiger charge is -2.35. The highest BCUT2D eigenvalue weighted by molar-refractivity contribution is 5.79. The molecule has 182 valence electrons. The van der Waals surface area contributed by atoms with E-state index in [2.05, 4.69) is 38.7 Å². The van der Waals surface area contributed by atoms with Gasteiger partial charge in [0.15, 0.2) is 11.6 Å². The highest BCUT2D eigenvalue weighted by Crippen LogP contribution is 2.40. The van der Waals surface area contributed by atoms with Crippen LogP contribution in [0.1, 0.15) is 25.5 Å². The number of rotatable bonds is 4. The Morgan fingerprint density at radius 1 is 1.15 bits per heavy atom. The molecule has 1 saturated heterocycles. The standard InChI is InChI=1S/C23H27F3N6O2/c1-14-13-33-20-18(11-15-7-9-30(2)10-8-15)29-32-21(27-28-22(32)19(20)31(14)3)16-5-4-6-17(12-16)34-23(24,25)26/h4-6,12,14-15H,7-11,13H2,1-3H3. The zero-order valence-corrected chi connectivity index (χ0v) is 19.3. The number of aromatic nitrogens is 4. The van der Waals surface area contributed by atoms with Gasteiger partial charge in [-0.1, -0.05) is 12.1 Å². The maximum Gasteiger partial charge on any atom is 0.573 e. The van der Waals surface area contributed by atoms with Crippen LogP contribution in [0.25, 0.3) is 17.0 Å². The van der Waals surface area contributed by atoms with Gasteiger partial charge in [-0.3, -0.25) is 0 Å². The lowest BCUT2D eigenvalue weighted by molar-refractivity contribution is -0.274. The summed E-state index contributed by atoms with van der Waals surface area (Å²) in [5.74, 6) is 1.23. The number of hydrogen-bond donors (Lipinski definition) is 0. The van der Waals surface area contributed by atoms with E-state index in [4.69, 9.17) is 9.84 Å². The molecule has 0 saturated carbocycles. The highest BCUT2D eigenvalue weighted by Gasteiger charge is 2.33. The predicted molar refractivity (Wildman–Crippen MR) is 120 cm³/mol. The zero-order valence-electron chi connectivity index (χ0n) is 19.3. The maximum atomic E-state index is 12.7. The minimum Gasteiger partial charge on any atom is -0.487 e. The monoisotopic (exact) mass is 476 g/mol. The van der Waals surface area contributed by atoms with Crippen molar-refractivity contribution in [3.8, 4) is 22.9 Å². The highest BCUT2D eigenvalue weighted by atomic mass is 19.4. The number of likely N-dealkylation sites (tertiary alicyclic amines) is 1. The molecular formula is C23H27F3N6O2. The van der Waals surface area contributed by atoms with Gasteiger partial charge >= 0.3 is 6.36 Å². The summed E-state index contributed by atoms with van der Waals surface area (Å²) in [5, 5.41) is 13.5. The number of nitrogens with zero attached hydrogens (tertiary/aromatic N) is 6. The van der Waals surface area contributed by atoms with Gasteiger partial charge in [-0.15, -0.1) is 23.4 Å². The number of ether oxygens (including phenoxy) is 2. The molecule has 2 aromatic heterocycles. The van der Waals surface area contributed by atoms with Crippen LogP contribution in [0.2, 0.25) is 0 Å². The summed E-state index contributed by atoms with van der Waals surface area (Å²) < 4.78 is 50.1. The molecule has 0 N–H and O–H groups in total. The van der Waals surface area contributed by atoms with Crippen LogP contribution in [-0.4, -0.2) is 70.9 Å². The van der Waals surface area contributed by atoms with Gasteiger partial charge in [-0.25, -0.2) is 0 Å². The Kier molecular flexibility index (Phi) is 5.75. The van der Waals surface area contributed by atoms with Gasteiger partial charge in [0.2, 0.25) is 5.65 Å². The Hall–Kier alpha value is -3.08. The molecule has 0 amide bonds. The molecule has 2 aliphatic heterocycles. The summed E-state index contributed by atoms with van der Waals surface area (Å²) >= 11 is 0. The summed E-state index contributed by atoms with van der Waals surface area (Å²) in [4.78, 5) is 4.43. The third-order valence-corrected chi connectivity index (χ3v) is 6.68. The normalized spacial score (nSPS) is 19.8. The first-order valence-corrected chi connectivity index (χ1v) is 11.4. The third-order valence-electron chi connectivity index (χ3n) is 6.68. The van der Waals surface area contributed by atoms with E-state index in [1.165, 1.54) is 18.2 Å². The van der Waals surface area contributed by atoms with Crippen molar-refractivity contribution < 1.29 is 22.6 Å². The van der Waals surface area contributed by atoms with Gasteiger partial charge in [0, 0.05) is 12.6 Å². The van der Waals surface area contributed by atoms with Crippen molar-refractivity contribution in [1.29, 1.82) is 0 Å². The summed E-state index contributed by atoms with van der Waals surface area (Å²) in [6, 6.07) is 5.83. The van der Waals surface area contributed by atoms with Crippen LogP contribution < -0.4 is 14.4 Å². The molecule has 4 heterocycles. The molecule has 34 heavy (non-hydrogen) atoms. The summed E-state index contributed by atoms with van der Waals surface area (Å²) in [6.45, 7) is 4.68. The number of likely N-dealkylation sites (N-methyl/N-ethyl adjacent to an activating group) is 1. The van der Waals surface area contributed by atoms with Crippen LogP contribution >= 0.6 is 0 Å². The zero-order chi connectivity index (χ0) is 24.0. The lowest BCUT2D eigenvalue weighted by atomic mass is 9.92. The average Bonchev–Trinajstić information content (AvgIpc) is 3.20. The number of benzene rings is 1. The minimum atomic E-state index is -4.78. The fraction of sp³-hybridized carbons (Fsp3) is 0.522. The smallest absolute Gasteiger partial charge is 0.487 e. The van der Waals surface area contributed by atoms with E-state index >= 15 is 0 Å². The second-order valence-electron chi connectivity index (χ2n) is 9.18. The van der Waals surface area contributed by atoms with Crippen LogP contribution in [-0.2, 0) is 6.42 Å². The van der Waals surface area contributed by atoms with E-state index in [-0.39, 0.29) is 11.8 Å². The third kappa shape index (κ3) is 4.36. The summed E-state index contributed by atoms with van der Waals surface area (Å²) in [6.07, 6.45) is -1.88. The number of hydrogen-bond acceptors (Lipinski definition) is 7. The second-order valence-corrected chi connectivity index (χ2v) is 9.18. The number of piperidine rings is 1. The van der Waals surface area contributed by atoms with E-state index in [9.17, 15) is 13.2 Å². The summed E-state index contributed by atoms with van der Waals surface area (Å²) in [7, 11) is 4.11. The molecule has 1 fully saturated rings. The SMILES string of the molecule is CC1COc2c(CC3CCN(C)CC3)nn3c(-c4cccc(OC(F)(F)F)c4)nnc3c2N1C. The van der Waals surface area contributed by atoms with E-state index in [1.807, 2.05) is 7.05 Å². The van der Waals surface area contributed by atoms with Gasteiger partial charge in [-0.2, -0.15) is 9.61 Å². The number of fused-ring (bicyclic) bond motifs is 3. The fourth-order valence-corrected chi connectivity index (χ4v) is 4.62. The molecule has 5 rings (SSSR count). The quantitative estimate of drug-likeness (QED) is 0.568. The second kappa shape index (κ2) is 8.61. The molecule has 0 spiro atoms. The molecule has 0 radical (unpaired) electrons. The van der Waals surface area contributed by atoms with Gasteiger partial charge < -0.3 is 19.3 Å². The topological polar surface area (TPSA) is 68.0 Å². The minimum absolute atomic E-state index is 0.124. The number of anilines is 1. The van der Waals surface area contributed by atoms with Crippen molar-refractivity contribution in [2.24, 2.45) is 5.92 Å². The van der Waals surface area contributed by atoms with Crippen molar-refractivity contribution in [2.45, 2.75) is 38.6 Å². The Labute approximate surface area is 195 Å². The van der Waals surface area contributed by atoms with Crippen molar-refractivity contribution in [2.75, 3.05) is 38.7 Å². The first-order valence-electron chi connectivity index (χ1n) is 11.4. The fourth-order valence-electron chi connectivity index (χ4n) is 4.62. The molecule has 0 bridgehead atoms. The van der Waals surface area contributed by atoms with Gasteiger partial charge in [0.1, 0.15) is 23.7 Å². The Balaban J connectivity index is 1.60.